The molecule has 0 bridgehead atoms. The highest BCUT2D eigenvalue weighted by atomic mass is 16.6. The van der Waals surface area contributed by atoms with E-state index < -0.39 is 0 Å². The van der Waals surface area contributed by atoms with Crippen molar-refractivity contribution in [2.24, 2.45) is 5.29 Å². The summed E-state index contributed by atoms with van der Waals surface area (Å²) in [6.45, 7) is 0. The lowest BCUT2D eigenvalue weighted by atomic mass is 10.1. The summed E-state index contributed by atoms with van der Waals surface area (Å²) in [5.74, 6) is 0. The van der Waals surface area contributed by atoms with Gasteiger partial charge < -0.3 is 11.5 Å². The van der Waals surface area contributed by atoms with Crippen LogP contribution in [0.5, 0.6) is 0 Å². The standard InChI is InChI=1S/C16H13N.C6H6N2O2.H3N/c1-2-8-15(9-3-1)17-16-11-10-13-6-4-5-7-14(13)12-16;9-7-8(10)6-4-2-1-3-5-6;/h1-12,17H;1-5,10H;1H3. The molecule has 4 rings (SSSR count). The van der Waals surface area contributed by atoms with E-state index in [2.05, 4.69) is 65.2 Å². The summed E-state index contributed by atoms with van der Waals surface area (Å²) in [7, 11) is 0. The van der Waals surface area contributed by atoms with E-state index in [0.29, 0.717) is 5.69 Å². The number of anilines is 3. The molecule has 0 heterocycles. The minimum atomic E-state index is 0. The minimum Gasteiger partial charge on any atom is -0.356 e. The van der Waals surface area contributed by atoms with Crippen LogP contribution in [0.2, 0.25) is 0 Å². The largest absolute Gasteiger partial charge is 0.356 e. The van der Waals surface area contributed by atoms with E-state index >= 15 is 0 Å². The number of para-hydroxylation sites is 2. The molecule has 0 atom stereocenters. The van der Waals surface area contributed by atoms with E-state index in [1.807, 2.05) is 18.2 Å². The monoisotopic (exact) mass is 374 g/mol. The van der Waals surface area contributed by atoms with Crippen LogP contribution in [0, 0.1) is 4.91 Å². The molecule has 0 aromatic heterocycles. The maximum Gasteiger partial charge on any atom is 0.0932 e. The zero-order chi connectivity index (χ0) is 18.9. The van der Waals surface area contributed by atoms with E-state index in [4.69, 9.17) is 5.21 Å². The number of nitroso groups, excluding NO2 is 1. The summed E-state index contributed by atoms with van der Waals surface area (Å²) in [5.41, 5.74) is 2.59. The van der Waals surface area contributed by atoms with Gasteiger partial charge in [0.1, 0.15) is 0 Å². The molecule has 0 fully saturated rings. The third-order valence-electron chi connectivity index (χ3n) is 3.88. The van der Waals surface area contributed by atoms with Gasteiger partial charge in [0.25, 0.3) is 0 Å². The van der Waals surface area contributed by atoms with Gasteiger partial charge in [0.15, 0.2) is 0 Å². The first-order valence-electron chi connectivity index (χ1n) is 8.44. The lowest BCUT2D eigenvalue weighted by molar-refractivity contribution is 0.258. The molecule has 0 aliphatic carbocycles. The zero-order valence-corrected chi connectivity index (χ0v) is 15.3. The molecule has 0 saturated heterocycles. The molecule has 4 aromatic carbocycles. The van der Waals surface area contributed by atoms with Crippen LogP contribution in [-0.4, -0.2) is 5.21 Å². The topological polar surface area (TPSA) is 99.9 Å². The Labute approximate surface area is 163 Å². The van der Waals surface area contributed by atoms with Gasteiger partial charge in [-0.1, -0.05) is 66.7 Å². The van der Waals surface area contributed by atoms with Crippen LogP contribution in [-0.2, 0) is 0 Å². The van der Waals surface area contributed by atoms with E-state index in [1.165, 1.54) is 10.8 Å². The fraction of sp³-hybridized carbons (Fsp3) is 0. The Hall–Kier alpha value is -3.74. The van der Waals surface area contributed by atoms with Crippen molar-refractivity contribution in [3.05, 3.63) is 108 Å². The van der Waals surface area contributed by atoms with E-state index in [-0.39, 0.29) is 11.3 Å². The number of hydrogen-bond donors (Lipinski definition) is 3. The second kappa shape index (κ2) is 10.4. The maximum atomic E-state index is 9.73. The lowest BCUT2D eigenvalue weighted by Crippen LogP contribution is -2.06. The number of hydrogen-bond acceptors (Lipinski definition) is 5. The quantitative estimate of drug-likeness (QED) is 0.287. The van der Waals surface area contributed by atoms with E-state index in [9.17, 15) is 4.91 Å². The SMILES string of the molecule is N.O=NN(O)c1ccccc1.c1ccc(Nc2ccc3ccccc3c2)cc1. The molecular formula is C22H22N4O2. The smallest absolute Gasteiger partial charge is 0.0932 e. The Morgan fingerprint density at radius 2 is 1.25 bits per heavy atom. The summed E-state index contributed by atoms with van der Waals surface area (Å²) in [6.07, 6.45) is 0. The van der Waals surface area contributed by atoms with Gasteiger partial charge in [-0.3, -0.25) is 5.21 Å². The zero-order valence-electron chi connectivity index (χ0n) is 15.3. The average Bonchev–Trinajstić information content (AvgIpc) is 2.75. The van der Waals surface area contributed by atoms with Crippen LogP contribution in [0.4, 0.5) is 17.1 Å². The van der Waals surface area contributed by atoms with Gasteiger partial charge in [0.2, 0.25) is 0 Å². The Morgan fingerprint density at radius 1 is 0.679 bits per heavy atom. The highest BCUT2D eigenvalue weighted by Gasteiger charge is 1.98. The molecular weight excluding hydrogens is 352 g/mol. The van der Waals surface area contributed by atoms with Gasteiger partial charge >= 0.3 is 0 Å². The highest BCUT2D eigenvalue weighted by molar-refractivity contribution is 5.86. The first-order valence-corrected chi connectivity index (χ1v) is 8.44. The molecule has 0 radical (unpaired) electrons. The predicted molar refractivity (Wildman–Crippen MR) is 115 cm³/mol. The van der Waals surface area contributed by atoms with Gasteiger partial charge in [-0.05, 0) is 47.2 Å². The van der Waals surface area contributed by atoms with Crippen molar-refractivity contribution >= 4 is 27.8 Å². The average molecular weight is 374 g/mol. The molecule has 0 saturated carbocycles. The number of nitrogens with one attached hydrogen (secondary N) is 1. The Morgan fingerprint density at radius 3 is 1.89 bits per heavy atom. The molecule has 0 unspecified atom stereocenters. The number of benzene rings is 4. The van der Waals surface area contributed by atoms with Crippen molar-refractivity contribution in [3.63, 3.8) is 0 Å². The first kappa shape index (κ1) is 20.6. The maximum absolute atomic E-state index is 9.73. The molecule has 6 heteroatoms. The third kappa shape index (κ3) is 5.63. The van der Waals surface area contributed by atoms with Gasteiger partial charge in [-0.25, -0.2) is 0 Å². The van der Waals surface area contributed by atoms with Crippen molar-refractivity contribution in [1.29, 1.82) is 0 Å². The van der Waals surface area contributed by atoms with Crippen molar-refractivity contribution in [3.8, 4) is 0 Å². The summed E-state index contributed by atoms with van der Waals surface area (Å²) in [5, 5.41) is 17.2. The van der Waals surface area contributed by atoms with Gasteiger partial charge in [0, 0.05) is 11.4 Å². The molecule has 0 aliphatic heterocycles. The van der Waals surface area contributed by atoms with Crippen LogP contribution in [0.25, 0.3) is 10.8 Å². The Balaban J connectivity index is 0.000000221. The van der Waals surface area contributed by atoms with Crippen LogP contribution < -0.4 is 16.6 Å². The first-order chi connectivity index (χ1) is 13.3. The van der Waals surface area contributed by atoms with Crippen molar-refractivity contribution < 1.29 is 5.21 Å². The fourth-order valence-electron chi connectivity index (χ4n) is 2.56. The molecule has 6 nitrogen and oxygen atoms in total. The van der Waals surface area contributed by atoms with Crippen LogP contribution in [0.1, 0.15) is 0 Å². The van der Waals surface area contributed by atoms with Crippen LogP contribution in [0.15, 0.2) is 108 Å². The summed E-state index contributed by atoms with van der Waals surface area (Å²) in [6, 6.07) is 33.3. The second-order valence-corrected chi connectivity index (χ2v) is 5.76. The number of fused-ring (bicyclic) bond motifs is 1. The Kier molecular flexibility index (Phi) is 7.65. The predicted octanol–water partition coefficient (Wildman–Crippen LogP) is 6.31. The van der Waals surface area contributed by atoms with Crippen molar-refractivity contribution in [2.75, 3.05) is 10.5 Å². The van der Waals surface area contributed by atoms with Crippen LogP contribution >= 0.6 is 0 Å². The van der Waals surface area contributed by atoms with Gasteiger partial charge in [-0.2, -0.15) is 0 Å². The number of rotatable bonds is 4. The van der Waals surface area contributed by atoms with Crippen LogP contribution in [0.3, 0.4) is 0 Å². The third-order valence-corrected chi connectivity index (χ3v) is 3.88. The lowest BCUT2D eigenvalue weighted by Gasteiger charge is -2.07. The number of nitrogens with zero attached hydrogens (tertiary/aromatic N) is 2. The van der Waals surface area contributed by atoms with Crippen molar-refractivity contribution in [2.45, 2.75) is 0 Å². The molecule has 0 aliphatic rings. The highest BCUT2D eigenvalue weighted by Crippen LogP contribution is 2.21. The van der Waals surface area contributed by atoms with E-state index in [1.54, 1.807) is 30.3 Å². The Bertz CT molecular complexity index is 995. The van der Waals surface area contributed by atoms with Crippen molar-refractivity contribution in [1.82, 2.24) is 6.15 Å². The molecule has 5 N–H and O–H groups in total. The summed E-state index contributed by atoms with van der Waals surface area (Å²) < 4.78 is 0. The molecule has 142 valence electrons. The van der Waals surface area contributed by atoms with Gasteiger partial charge in [-0.15, -0.1) is 10.1 Å². The minimum absolute atomic E-state index is 0. The molecule has 0 spiro atoms. The normalized spacial score (nSPS) is 9.46. The summed E-state index contributed by atoms with van der Waals surface area (Å²) in [4.78, 5) is 9.73. The van der Waals surface area contributed by atoms with E-state index in [0.717, 1.165) is 11.4 Å². The second-order valence-electron chi connectivity index (χ2n) is 5.76. The van der Waals surface area contributed by atoms with Gasteiger partial charge in [0.05, 0.1) is 11.0 Å². The molecule has 4 aromatic rings. The molecule has 28 heavy (non-hydrogen) atoms. The summed E-state index contributed by atoms with van der Waals surface area (Å²) >= 11 is 0. The fourth-order valence-corrected chi connectivity index (χ4v) is 2.56. The molecule has 0 amide bonds.